The van der Waals surface area contributed by atoms with Crippen molar-refractivity contribution in [3.63, 3.8) is 0 Å². The Hall–Kier alpha value is -2.70. The molecule has 2 aromatic carbocycles. The minimum atomic E-state index is -0.0777. The van der Waals surface area contributed by atoms with Gasteiger partial charge >= 0.3 is 0 Å². The molecule has 27 heavy (non-hydrogen) atoms. The average Bonchev–Trinajstić information content (AvgIpc) is 2.73. The molecule has 0 saturated carbocycles. The monoisotopic (exact) mass is 364 g/mol. The van der Waals surface area contributed by atoms with Crippen LogP contribution in [0.3, 0.4) is 0 Å². The zero-order valence-electron chi connectivity index (χ0n) is 15.3. The van der Waals surface area contributed by atoms with Crippen LogP contribution < -0.4 is 10.6 Å². The van der Waals surface area contributed by atoms with Gasteiger partial charge in [0.25, 0.3) is 5.91 Å². The molecule has 0 radical (unpaired) electrons. The van der Waals surface area contributed by atoms with E-state index in [9.17, 15) is 4.79 Å². The number of carbonyl (C=O) groups is 1. The Bertz CT molecular complexity index is 827. The number of hydrogen-bond donors (Lipinski definition) is 2. The maximum Gasteiger partial charge on any atom is 0.255 e. The van der Waals surface area contributed by atoms with Gasteiger partial charge < -0.3 is 15.4 Å². The number of nitrogens with one attached hydrogen (secondary N) is 2. The predicted molar refractivity (Wildman–Crippen MR) is 106 cm³/mol. The van der Waals surface area contributed by atoms with E-state index in [4.69, 9.17) is 4.74 Å². The van der Waals surface area contributed by atoms with Crippen LogP contribution in [0, 0.1) is 0 Å². The van der Waals surface area contributed by atoms with Gasteiger partial charge in [-0.05, 0) is 53.9 Å². The molecule has 1 fully saturated rings. The van der Waals surface area contributed by atoms with E-state index in [0.717, 1.165) is 57.1 Å². The van der Waals surface area contributed by atoms with E-state index in [0.29, 0.717) is 5.56 Å². The van der Waals surface area contributed by atoms with Crippen LogP contribution in [0.15, 0.2) is 47.6 Å². The van der Waals surface area contributed by atoms with E-state index < -0.39 is 0 Å². The van der Waals surface area contributed by atoms with Crippen molar-refractivity contribution in [2.24, 2.45) is 5.10 Å². The van der Waals surface area contributed by atoms with Crippen LogP contribution in [0.25, 0.3) is 0 Å². The van der Waals surface area contributed by atoms with E-state index in [1.54, 1.807) is 0 Å². The van der Waals surface area contributed by atoms with Crippen molar-refractivity contribution in [1.82, 2.24) is 10.3 Å². The molecule has 2 heterocycles. The van der Waals surface area contributed by atoms with Crippen molar-refractivity contribution in [2.75, 3.05) is 38.2 Å². The molecule has 1 amide bonds. The molecule has 140 valence electrons. The van der Waals surface area contributed by atoms with Gasteiger partial charge in [-0.15, -0.1) is 0 Å². The van der Waals surface area contributed by atoms with Crippen LogP contribution in [0.4, 0.5) is 5.69 Å². The maximum atomic E-state index is 12.5. The number of carbonyl (C=O) groups excluding carboxylic acids is 1. The Labute approximate surface area is 159 Å². The van der Waals surface area contributed by atoms with Crippen LogP contribution in [-0.4, -0.2) is 50.0 Å². The molecule has 1 saturated heterocycles. The highest BCUT2D eigenvalue weighted by atomic mass is 16.5. The standard InChI is InChI=1S/C21H24N4O2/c26-21(18-3-4-19-15-22-8-7-17(19)13-18)24-20-5-1-16(2-6-20)14-23-25-9-11-27-12-10-25/h1-6,13-14,22H,7-12,15H2,(H,24,26). The van der Waals surface area contributed by atoms with E-state index in [1.165, 1.54) is 11.1 Å². The zero-order chi connectivity index (χ0) is 18.5. The highest BCUT2D eigenvalue weighted by Crippen LogP contribution is 2.17. The summed E-state index contributed by atoms with van der Waals surface area (Å²) in [5.74, 6) is -0.0777. The smallest absolute Gasteiger partial charge is 0.255 e. The molecule has 0 aromatic heterocycles. The molecule has 0 unspecified atom stereocenters. The minimum Gasteiger partial charge on any atom is -0.378 e. The number of anilines is 1. The van der Waals surface area contributed by atoms with Crippen LogP contribution in [0.2, 0.25) is 0 Å². The summed E-state index contributed by atoms with van der Waals surface area (Å²) in [5, 5.41) is 12.8. The fourth-order valence-electron chi connectivity index (χ4n) is 3.29. The number of morpholine rings is 1. The second-order valence-corrected chi connectivity index (χ2v) is 6.80. The zero-order valence-corrected chi connectivity index (χ0v) is 15.3. The van der Waals surface area contributed by atoms with E-state index in [2.05, 4.69) is 15.7 Å². The minimum absolute atomic E-state index is 0.0777. The molecule has 0 aliphatic carbocycles. The number of benzene rings is 2. The Morgan fingerprint density at radius 2 is 1.93 bits per heavy atom. The largest absolute Gasteiger partial charge is 0.378 e. The SMILES string of the molecule is O=C(Nc1ccc(C=NN2CCOCC2)cc1)c1ccc2c(c1)CCNC2. The van der Waals surface area contributed by atoms with Gasteiger partial charge in [0.15, 0.2) is 0 Å². The summed E-state index contributed by atoms with van der Waals surface area (Å²) >= 11 is 0. The normalized spacial score (nSPS) is 17.0. The number of ether oxygens (including phenoxy) is 1. The molecule has 2 aliphatic rings. The summed E-state index contributed by atoms with van der Waals surface area (Å²) in [7, 11) is 0. The fraction of sp³-hybridized carbons (Fsp3) is 0.333. The van der Waals surface area contributed by atoms with Gasteiger partial charge in [0.2, 0.25) is 0 Å². The van der Waals surface area contributed by atoms with Gasteiger partial charge in [-0.1, -0.05) is 18.2 Å². The van der Waals surface area contributed by atoms with Crippen molar-refractivity contribution in [1.29, 1.82) is 0 Å². The lowest BCUT2D eigenvalue weighted by Gasteiger charge is -2.23. The first-order valence-corrected chi connectivity index (χ1v) is 9.38. The van der Waals surface area contributed by atoms with Crippen LogP contribution in [-0.2, 0) is 17.7 Å². The third kappa shape index (κ3) is 4.53. The van der Waals surface area contributed by atoms with Crippen molar-refractivity contribution in [3.8, 4) is 0 Å². The van der Waals surface area contributed by atoms with Crippen molar-refractivity contribution >= 4 is 17.8 Å². The molecule has 2 aliphatic heterocycles. The number of nitrogens with zero attached hydrogens (tertiary/aromatic N) is 2. The lowest BCUT2D eigenvalue weighted by Crippen LogP contribution is -2.32. The first-order chi connectivity index (χ1) is 13.3. The van der Waals surface area contributed by atoms with Crippen LogP contribution >= 0.6 is 0 Å². The van der Waals surface area contributed by atoms with E-state index >= 15 is 0 Å². The number of amides is 1. The molecule has 0 atom stereocenters. The first kappa shape index (κ1) is 17.7. The molecular formula is C21H24N4O2. The van der Waals surface area contributed by atoms with E-state index in [1.807, 2.05) is 53.7 Å². The van der Waals surface area contributed by atoms with Gasteiger partial charge in [0.05, 0.1) is 32.5 Å². The fourth-order valence-corrected chi connectivity index (χ4v) is 3.29. The maximum absolute atomic E-state index is 12.5. The molecule has 0 spiro atoms. The molecule has 2 N–H and O–H groups in total. The molecular weight excluding hydrogens is 340 g/mol. The summed E-state index contributed by atoms with van der Waals surface area (Å²) in [6.45, 7) is 4.93. The lowest BCUT2D eigenvalue weighted by molar-refractivity contribution is 0.0397. The van der Waals surface area contributed by atoms with Crippen LogP contribution in [0.5, 0.6) is 0 Å². The Morgan fingerprint density at radius 3 is 2.74 bits per heavy atom. The molecule has 4 rings (SSSR count). The third-order valence-electron chi connectivity index (χ3n) is 4.88. The second-order valence-electron chi connectivity index (χ2n) is 6.80. The summed E-state index contributed by atoms with van der Waals surface area (Å²) in [6.07, 6.45) is 2.81. The third-order valence-corrected chi connectivity index (χ3v) is 4.88. The summed E-state index contributed by atoms with van der Waals surface area (Å²) in [6, 6.07) is 13.7. The van der Waals surface area contributed by atoms with Gasteiger partial charge in [-0.25, -0.2) is 0 Å². The molecule has 0 bridgehead atoms. The van der Waals surface area contributed by atoms with Gasteiger partial charge in [-0.2, -0.15) is 5.10 Å². The van der Waals surface area contributed by atoms with E-state index in [-0.39, 0.29) is 5.91 Å². The highest BCUT2D eigenvalue weighted by molar-refractivity contribution is 6.04. The van der Waals surface area contributed by atoms with Crippen molar-refractivity contribution < 1.29 is 9.53 Å². The molecule has 2 aromatic rings. The number of hydrazone groups is 1. The van der Waals surface area contributed by atoms with Crippen molar-refractivity contribution in [3.05, 3.63) is 64.7 Å². The van der Waals surface area contributed by atoms with Crippen LogP contribution in [0.1, 0.15) is 27.0 Å². The predicted octanol–water partition coefficient (Wildman–Crippen LogP) is 2.25. The summed E-state index contributed by atoms with van der Waals surface area (Å²) in [4.78, 5) is 12.5. The molecule has 6 nitrogen and oxygen atoms in total. The number of rotatable bonds is 4. The first-order valence-electron chi connectivity index (χ1n) is 9.38. The highest BCUT2D eigenvalue weighted by Gasteiger charge is 2.12. The quantitative estimate of drug-likeness (QED) is 0.817. The average molecular weight is 364 g/mol. The Morgan fingerprint density at radius 1 is 1.11 bits per heavy atom. The second kappa shape index (κ2) is 8.33. The molecule has 6 heteroatoms. The number of hydrogen-bond acceptors (Lipinski definition) is 5. The van der Waals surface area contributed by atoms with Gasteiger partial charge in [-0.3, -0.25) is 9.80 Å². The van der Waals surface area contributed by atoms with Crippen molar-refractivity contribution in [2.45, 2.75) is 13.0 Å². The number of fused-ring (bicyclic) bond motifs is 1. The Kier molecular flexibility index (Phi) is 5.46. The summed E-state index contributed by atoms with van der Waals surface area (Å²) < 4.78 is 5.31. The Balaban J connectivity index is 1.37. The lowest BCUT2D eigenvalue weighted by atomic mass is 9.98. The van der Waals surface area contributed by atoms with Gasteiger partial charge in [0, 0.05) is 17.8 Å². The summed E-state index contributed by atoms with van der Waals surface area (Å²) in [5.41, 5.74) is 5.02. The topological polar surface area (TPSA) is 66.0 Å². The van der Waals surface area contributed by atoms with Gasteiger partial charge in [0.1, 0.15) is 0 Å².